The van der Waals surface area contributed by atoms with Gasteiger partial charge in [-0.1, -0.05) is 6.92 Å². The molecule has 0 atom stereocenters. The zero-order valence-electron chi connectivity index (χ0n) is 17.2. The molecule has 1 saturated heterocycles. The molecule has 1 fully saturated rings. The molecule has 1 aromatic rings. The van der Waals surface area contributed by atoms with Gasteiger partial charge in [0, 0.05) is 31.9 Å². The molecule has 1 amide bonds. The van der Waals surface area contributed by atoms with Crippen molar-refractivity contribution in [3.8, 4) is 0 Å². The summed E-state index contributed by atoms with van der Waals surface area (Å²) in [4.78, 5) is 16.7. The Morgan fingerprint density at radius 1 is 1.19 bits per heavy atom. The standard InChI is InChI=1S/C20H33N3O3S/c1-6-21(7-2)18-8-9-19(17(4)14-18)23(27(5,25)26)15-20(24)22-12-10-16(3)11-13-22/h8-9,14,16H,6-7,10-13,15H2,1-5H3. The van der Waals surface area contributed by atoms with Crippen LogP contribution in [0.4, 0.5) is 11.4 Å². The van der Waals surface area contributed by atoms with Gasteiger partial charge in [0.15, 0.2) is 0 Å². The molecule has 27 heavy (non-hydrogen) atoms. The topological polar surface area (TPSA) is 60.9 Å². The third-order valence-electron chi connectivity index (χ3n) is 5.39. The van der Waals surface area contributed by atoms with Crippen LogP contribution in [0.25, 0.3) is 0 Å². The number of hydrogen-bond donors (Lipinski definition) is 0. The SMILES string of the molecule is CCN(CC)c1ccc(N(CC(=O)N2CCC(C)CC2)S(C)(=O)=O)c(C)c1. The fourth-order valence-electron chi connectivity index (χ4n) is 3.57. The van der Waals surface area contributed by atoms with Gasteiger partial charge in [-0.25, -0.2) is 8.42 Å². The van der Waals surface area contributed by atoms with Crippen LogP contribution in [0.15, 0.2) is 18.2 Å². The molecule has 1 aliphatic rings. The molecule has 0 radical (unpaired) electrons. The number of nitrogens with zero attached hydrogens (tertiary/aromatic N) is 3. The Hall–Kier alpha value is -1.76. The van der Waals surface area contributed by atoms with Gasteiger partial charge in [0.25, 0.3) is 0 Å². The Morgan fingerprint density at radius 3 is 2.26 bits per heavy atom. The van der Waals surface area contributed by atoms with Crippen LogP contribution in [-0.4, -0.2) is 58.2 Å². The first-order valence-electron chi connectivity index (χ1n) is 9.78. The number of hydrogen-bond acceptors (Lipinski definition) is 4. The highest BCUT2D eigenvalue weighted by Gasteiger charge is 2.27. The molecule has 0 saturated carbocycles. The van der Waals surface area contributed by atoms with E-state index in [4.69, 9.17) is 0 Å². The molecule has 0 aromatic heterocycles. The maximum atomic E-state index is 12.7. The van der Waals surface area contributed by atoms with E-state index < -0.39 is 10.0 Å². The van der Waals surface area contributed by atoms with Gasteiger partial charge in [-0.2, -0.15) is 0 Å². The first-order chi connectivity index (χ1) is 12.7. The van der Waals surface area contributed by atoms with Crippen molar-refractivity contribution in [1.29, 1.82) is 0 Å². The van der Waals surface area contributed by atoms with Gasteiger partial charge in [0.2, 0.25) is 15.9 Å². The van der Waals surface area contributed by atoms with Crippen LogP contribution in [0, 0.1) is 12.8 Å². The summed E-state index contributed by atoms with van der Waals surface area (Å²) in [6, 6.07) is 5.74. The summed E-state index contributed by atoms with van der Waals surface area (Å²) in [6.07, 6.45) is 3.11. The van der Waals surface area contributed by atoms with Gasteiger partial charge >= 0.3 is 0 Å². The van der Waals surface area contributed by atoms with Crippen molar-refractivity contribution in [2.24, 2.45) is 5.92 Å². The maximum absolute atomic E-state index is 12.7. The van der Waals surface area contributed by atoms with E-state index in [1.165, 1.54) is 4.31 Å². The molecule has 0 N–H and O–H groups in total. The normalized spacial score (nSPS) is 15.7. The molecule has 0 spiro atoms. The second-order valence-electron chi connectivity index (χ2n) is 7.48. The molecule has 1 heterocycles. The van der Waals surface area contributed by atoms with Crippen molar-refractivity contribution in [2.75, 3.05) is 48.2 Å². The van der Waals surface area contributed by atoms with E-state index in [1.807, 2.05) is 25.1 Å². The summed E-state index contributed by atoms with van der Waals surface area (Å²) in [7, 11) is -3.56. The lowest BCUT2D eigenvalue weighted by atomic mass is 9.99. The fraction of sp³-hybridized carbons (Fsp3) is 0.650. The quantitative estimate of drug-likeness (QED) is 0.712. The predicted octanol–water partition coefficient (Wildman–Crippen LogP) is 2.87. The number of rotatable bonds is 7. The number of likely N-dealkylation sites (tertiary alicyclic amines) is 1. The third-order valence-corrected chi connectivity index (χ3v) is 6.52. The number of aryl methyl sites for hydroxylation is 1. The van der Waals surface area contributed by atoms with Gasteiger partial charge < -0.3 is 9.80 Å². The van der Waals surface area contributed by atoms with Crippen molar-refractivity contribution in [3.05, 3.63) is 23.8 Å². The van der Waals surface area contributed by atoms with E-state index in [9.17, 15) is 13.2 Å². The zero-order valence-corrected chi connectivity index (χ0v) is 18.1. The number of anilines is 2. The molecule has 6 nitrogen and oxygen atoms in total. The highest BCUT2D eigenvalue weighted by Crippen LogP contribution is 2.28. The summed E-state index contributed by atoms with van der Waals surface area (Å²) in [5.41, 5.74) is 2.49. The third kappa shape index (κ3) is 5.37. The Balaban J connectivity index is 2.25. The van der Waals surface area contributed by atoms with E-state index in [1.54, 1.807) is 4.90 Å². The zero-order chi connectivity index (χ0) is 20.2. The van der Waals surface area contributed by atoms with Crippen LogP contribution in [0.2, 0.25) is 0 Å². The highest BCUT2D eigenvalue weighted by atomic mass is 32.2. The number of carbonyl (C=O) groups is 1. The van der Waals surface area contributed by atoms with Crippen LogP contribution in [0.3, 0.4) is 0 Å². The minimum absolute atomic E-state index is 0.125. The van der Waals surface area contributed by atoms with Gasteiger partial charge in [0.05, 0.1) is 11.9 Å². The summed E-state index contributed by atoms with van der Waals surface area (Å²) < 4.78 is 26.1. The maximum Gasteiger partial charge on any atom is 0.243 e. The van der Waals surface area contributed by atoms with Crippen molar-refractivity contribution in [1.82, 2.24) is 4.90 Å². The van der Waals surface area contributed by atoms with Crippen LogP contribution in [0.5, 0.6) is 0 Å². The lowest BCUT2D eigenvalue weighted by molar-refractivity contribution is -0.130. The smallest absolute Gasteiger partial charge is 0.243 e. The Bertz CT molecular complexity index is 752. The monoisotopic (exact) mass is 395 g/mol. The average Bonchev–Trinajstić information content (AvgIpc) is 2.61. The molecule has 2 rings (SSSR count). The van der Waals surface area contributed by atoms with Crippen molar-refractivity contribution in [3.63, 3.8) is 0 Å². The lowest BCUT2D eigenvalue weighted by Crippen LogP contribution is -2.45. The van der Waals surface area contributed by atoms with E-state index in [0.29, 0.717) is 24.7 Å². The largest absolute Gasteiger partial charge is 0.372 e. The first-order valence-corrected chi connectivity index (χ1v) is 11.6. The van der Waals surface area contributed by atoms with Crippen molar-refractivity contribution >= 4 is 27.3 Å². The molecule has 152 valence electrons. The Morgan fingerprint density at radius 2 is 1.78 bits per heavy atom. The fourth-order valence-corrected chi connectivity index (χ4v) is 4.47. The molecule has 0 aliphatic carbocycles. The lowest BCUT2D eigenvalue weighted by Gasteiger charge is -2.33. The van der Waals surface area contributed by atoms with E-state index in [-0.39, 0.29) is 12.5 Å². The van der Waals surface area contributed by atoms with E-state index in [0.717, 1.165) is 43.4 Å². The van der Waals surface area contributed by atoms with Gasteiger partial charge in [-0.3, -0.25) is 9.10 Å². The summed E-state index contributed by atoms with van der Waals surface area (Å²) in [5.74, 6) is 0.495. The number of amides is 1. The highest BCUT2D eigenvalue weighted by molar-refractivity contribution is 7.92. The van der Waals surface area contributed by atoms with Crippen LogP contribution in [-0.2, 0) is 14.8 Å². The van der Waals surface area contributed by atoms with Crippen LogP contribution in [0.1, 0.15) is 39.2 Å². The molecule has 1 aliphatic heterocycles. The number of sulfonamides is 1. The molecule has 1 aromatic carbocycles. The molecular weight excluding hydrogens is 362 g/mol. The number of carbonyl (C=O) groups excluding carboxylic acids is 1. The molecule has 7 heteroatoms. The summed E-state index contributed by atoms with van der Waals surface area (Å²) in [6.45, 7) is 11.3. The molecule has 0 unspecified atom stereocenters. The number of piperidine rings is 1. The second kappa shape index (κ2) is 8.95. The molecule has 0 bridgehead atoms. The molecular formula is C20H33N3O3S. The summed E-state index contributed by atoms with van der Waals surface area (Å²) in [5, 5.41) is 0. The predicted molar refractivity (Wildman–Crippen MR) is 112 cm³/mol. The minimum atomic E-state index is -3.56. The van der Waals surface area contributed by atoms with Crippen LogP contribution >= 0.6 is 0 Å². The van der Waals surface area contributed by atoms with E-state index >= 15 is 0 Å². The second-order valence-corrected chi connectivity index (χ2v) is 9.38. The van der Waals surface area contributed by atoms with E-state index in [2.05, 4.69) is 25.7 Å². The van der Waals surface area contributed by atoms with Gasteiger partial charge in [-0.15, -0.1) is 0 Å². The van der Waals surface area contributed by atoms with Gasteiger partial charge in [0.1, 0.15) is 6.54 Å². The Kier molecular flexibility index (Phi) is 7.14. The van der Waals surface area contributed by atoms with Gasteiger partial charge in [-0.05, 0) is 63.3 Å². The first kappa shape index (κ1) is 21.5. The Labute approximate surface area is 164 Å². The van der Waals surface area contributed by atoms with Crippen LogP contribution < -0.4 is 9.21 Å². The minimum Gasteiger partial charge on any atom is -0.372 e. The van der Waals surface area contributed by atoms with Crippen molar-refractivity contribution < 1.29 is 13.2 Å². The van der Waals surface area contributed by atoms with Crippen molar-refractivity contribution in [2.45, 2.75) is 40.5 Å². The number of benzene rings is 1. The average molecular weight is 396 g/mol. The summed E-state index contributed by atoms with van der Waals surface area (Å²) >= 11 is 0.